The van der Waals surface area contributed by atoms with Gasteiger partial charge in [0.15, 0.2) is 0 Å². The lowest BCUT2D eigenvalue weighted by atomic mass is 10.0. The molecule has 1 N–H and O–H groups in total. The molecule has 2 fully saturated rings. The van der Waals surface area contributed by atoms with E-state index >= 15 is 0 Å². The van der Waals surface area contributed by atoms with Gasteiger partial charge in [-0.2, -0.15) is 13.1 Å². The standard InChI is InChI=1S/C9H17NO3S3/c1-7-8(9-14-5-2-6-15-9)3-4-13-16(11,12)10-7/h7-10H,2-6H2,1H3/t7-,8+/m0/s1. The van der Waals surface area contributed by atoms with Crippen molar-refractivity contribution in [3.05, 3.63) is 0 Å². The van der Waals surface area contributed by atoms with Crippen molar-refractivity contribution < 1.29 is 12.6 Å². The van der Waals surface area contributed by atoms with Gasteiger partial charge in [0.2, 0.25) is 0 Å². The molecule has 4 nitrogen and oxygen atoms in total. The summed E-state index contributed by atoms with van der Waals surface area (Å²) in [6.45, 7) is 2.24. The van der Waals surface area contributed by atoms with Crippen LogP contribution in [0.3, 0.4) is 0 Å². The second kappa shape index (κ2) is 5.48. The Balaban J connectivity index is 2.03. The smallest absolute Gasteiger partial charge is 0.258 e. The van der Waals surface area contributed by atoms with Crippen molar-refractivity contribution in [1.29, 1.82) is 0 Å². The maximum absolute atomic E-state index is 11.4. The number of nitrogens with one attached hydrogen (secondary N) is 1. The highest BCUT2D eigenvalue weighted by Gasteiger charge is 2.34. The first-order valence-corrected chi connectivity index (χ1v) is 8.99. The minimum atomic E-state index is -3.51. The highest BCUT2D eigenvalue weighted by molar-refractivity contribution is 8.17. The minimum absolute atomic E-state index is 0.0319. The van der Waals surface area contributed by atoms with Gasteiger partial charge in [-0.1, -0.05) is 0 Å². The van der Waals surface area contributed by atoms with E-state index in [9.17, 15) is 8.42 Å². The summed E-state index contributed by atoms with van der Waals surface area (Å²) in [5, 5.41) is 0. The van der Waals surface area contributed by atoms with Gasteiger partial charge in [0.1, 0.15) is 0 Å². The van der Waals surface area contributed by atoms with Crippen LogP contribution < -0.4 is 4.72 Å². The Kier molecular flexibility index (Phi) is 4.45. The van der Waals surface area contributed by atoms with Crippen LogP contribution in [0, 0.1) is 5.92 Å². The molecular weight excluding hydrogens is 266 g/mol. The predicted octanol–water partition coefficient (Wildman–Crippen LogP) is 1.44. The zero-order valence-corrected chi connectivity index (χ0v) is 11.7. The van der Waals surface area contributed by atoms with Gasteiger partial charge >= 0.3 is 10.3 Å². The first-order valence-electron chi connectivity index (χ1n) is 5.48. The maximum atomic E-state index is 11.4. The van der Waals surface area contributed by atoms with Crippen LogP contribution >= 0.6 is 23.5 Å². The average molecular weight is 283 g/mol. The second-order valence-corrected chi connectivity index (χ2v) is 8.28. The molecule has 0 unspecified atom stereocenters. The van der Waals surface area contributed by atoms with Crippen molar-refractivity contribution in [3.8, 4) is 0 Å². The molecule has 2 rings (SSSR count). The van der Waals surface area contributed by atoms with Gasteiger partial charge in [-0.25, -0.2) is 0 Å². The third-order valence-electron chi connectivity index (χ3n) is 2.86. The fourth-order valence-corrected chi connectivity index (χ4v) is 6.50. The zero-order valence-electron chi connectivity index (χ0n) is 9.22. The van der Waals surface area contributed by atoms with Crippen molar-refractivity contribution in [2.24, 2.45) is 5.92 Å². The Morgan fingerprint density at radius 2 is 2.00 bits per heavy atom. The fraction of sp³-hybridized carbons (Fsp3) is 1.00. The maximum Gasteiger partial charge on any atom is 0.336 e. The molecule has 0 aromatic rings. The van der Waals surface area contributed by atoms with Crippen molar-refractivity contribution in [3.63, 3.8) is 0 Å². The molecule has 0 aromatic heterocycles. The Labute approximate surface area is 106 Å². The molecule has 0 spiro atoms. The highest BCUT2D eigenvalue weighted by Crippen LogP contribution is 2.39. The van der Waals surface area contributed by atoms with Crippen molar-refractivity contribution in [2.45, 2.75) is 30.4 Å². The quantitative estimate of drug-likeness (QED) is 0.789. The van der Waals surface area contributed by atoms with Crippen molar-refractivity contribution >= 4 is 33.8 Å². The number of rotatable bonds is 1. The van der Waals surface area contributed by atoms with Gasteiger partial charge in [-0.3, -0.25) is 4.18 Å². The summed E-state index contributed by atoms with van der Waals surface area (Å²) in [6, 6.07) is -0.0319. The van der Waals surface area contributed by atoms with Crippen LogP contribution in [0.5, 0.6) is 0 Å². The molecule has 2 aliphatic heterocycles. The molecule has 94 valence electrons. The minimum Gasteiger partial charge on any atom is -0.258 e. The third kappa shape index (κ3) is 3.29. The summed E-state index contributed by atoms with van der Waals surface area (Å²) >= 11 is 3.91. The summed E-state index contributed by atoms with van der Waals surface area (Å²) in [7, 11) is -3.51. The zero-order chi connectivity index (χ0) is 11.6. The number of thioether (sulfide) groups is 2. The third-order valence-corrected chi connectivity index (χ3v) is 7.22. The number of hydrogen-bond donors (Lipinski definition) is 1. The normalized spacial score (nSPS) is 36.8. The van der Waals surface area contributed by atoms with Crippen LogP contribution in [0.4, 0.5) is 0 Å². The molecule has 0 aliphatic carbocycles. The van der Waals surface area contributed by atoms with E-state index in [1.807, 2.05) is 30.4 Å². The molecule has 0 bridgehead atoms. The molecule has 7 heteroatoms. The van der Waals surface area contributed by atoms with E-state index in [1.165, 1.54) is 17.9 Å². The van der Waals surface area contributed by atoms with Crippen LogP contribution in [0.1, 0.15) is 19.8 Å². The summed E-state index contributed by atoms with van der Waals surface area (Å²) < 4.78 is 30.6. The fourth-order valence-electron chi connectivity index (χ4n) is 2.02. The lowest BCUT2D eigenvalue weighted by molar-refractivity contribution is 0.300. The van der Waals surface area contributed by atoms with E-state index < -0.39 is 10.3 Å². The van der Waals surface area contributed by atoms with Gasteiger partial charge < -0.3 is 0 Å². The lowest BCUT2D eigenvalue weighted by Gasteiger charge is -2.31. The Morgan fingerprint density at radius 1 is 1.31 bits per heavy atom. The van der Waals surface area contributed by atoms with E-state index in [4.69, 9.17) is 4.18 Å². The molecule has 0 radical (unpaired) electrons. The van der Waals surface area contributed by atoms with E-state index in [0.717, 1.165) is 6.42 Å². The lowest BCUT2D eigenvalue weighted by Crippen LogP contribution is -2.39. The molecule has 2 atom stereocenters. The van der Waals surface area contributed by atoms with E-state index in [1.54, 1.807) is 0 Å². The Morgan fingerprint density at radius 3 is 2.69 bits per heavy atom. The molecule has 2 saturated heterocycles. The molecule has 0 saturated carbocycles. The van der Waals surface area contributed by atoms with Crippen LogP contribution in [0.25, 0.3) is 0 Å². The topological polar surface area (TPSA) is 55.4 Å². The van der Waals surface area contributed by atoms with Gasteiger partial charge in [0, 0.05) is 6.04 Å². The Bertz CT molecular complexity index is 327. The summed E-state index contributed by atoms with van der Waals surface area (Å²) in [4.78, 5) is 0. The van der Waals surface area contributed by atoms with Crippen molar-refractivity contribution in [2.75, 3.05) is 18.1 Å². The highest BCUT2D eigenvalue weighted by atomic mass is 32.2. The predicted molar refractivity (Wildman–Crippen MR) is 68.9 cm³/mol. The first-order chi connectivity index (χ1) is 7.58. The van der Waals surface area contributed by atoms with Crippen LogP contribution in [0.15, 0.2) is 0 Å². The van der Waals surface area contributed by atoms with Gasteiger partial charge in [0.05, 0.1) is 11.2 Å². The van der Waals surface area contributed by atoms with Gasteiger partial charge in [-0.05, 0) is 37.2 Å². The van der Waals surface area contributed by atoms with Gasteiger partial charge in [0.25, 0.3) is 0 Å². The van der Waals surface area contributed by atoms with Gasteiger partial charge in [-0.15, -0.1) is 23.5 Å². The summed E-state index contributed by atoms with van der Waals surface area (Å²) in [5.74, 6) is 2.75. The molecule has 0 aromatic carbocycles. The monoisotopic (exact) mass is 283 g/mol. The number of hydrogen-bond acceptors (Lipinski definition) is 5. The SMILES string of the molecule is C[C@@H]1NS(=O)(=O)OCC[C@H]1C1SCCCS1. The molecule has 2 aliphatic rings. The summed E-state index contributed by atoms with van der Waals surface area (Å²) in [6.07, 6.45) is 2.08. The summed E-state index contributed by atoms with van der Waals surface area (Å²) in [5.41, 5.74) is 0. The van der Waals surface area contributed by atoms with E-state index in [2.05, 4.69) is 4.72 Å². The molecule has 16 heavy (non-hydrogen) atoms. The average Bonchev–Trinajstić information content (AvgIpc) is 2.37. The first kappa shape index (κ1) is 13.0. The van der Waals surface area contributed by atoms with E-state index in [0.29, 0.717) is 17.1 Å². The van der Waals surface area contributed by atoms with Crippen molar-refractivity contribution in [1.82, 2.24) is 4.72 Å². The Hall–Kier alpha value is 0.570. The largest absolute Gasteiger partial charge is 0.336 e. The molecular formula is C9H17NO3S3. The van der Waals surface area contributed by atoms with E-state index in [-0.39, 0.29) is 6.04 Å². The second-order valence-electron chi connectivity index (χ2n) is 4.10. The van der Waals surface area contributed by atoms with Crippen LogP contribution in [-0.4, -0.2) is 37.2 Å². The van der Waals surface area contributed by atoms with Crippen LogP contribution in [-0.2, 0) is 14.5 Å². The molecule has 2 heterocycles. The van der Waals surface area contributed by atoms with Crippen LogP contribution in [0.2, 0.25) is 0 Å². The molecule has 0 amide bonds.